The highest BCUT2D eigenvalue weighted by Crippen LogP contribution is 2.49. The number of allylic oxidation sites excluding steroid dienone is 4. The molecule has 50 heavy (non-hydrogen) atoms. The van der Waals surface area contributed by atoms with E-state index in [1.807, 2.05) is 12.3 Å². The molecule has 7 aromatic rings. The van der Waals surface area contributed by atoms with E-state index in [4.69, 9.17) is 9.97 Å². The van der Waals surface area contributed by atoms with Gasteiger partial charge >= 0.3 is 0 Å². The van der Waals surface area contributed by atoms with Crippen molar-refractivity contribution in [3.05, 3.63) is 180 Å². The third-order valence-electron chi connectivity index (χ3n) is 10.5. The molecule has 3 nitrogen and oxygen atoms in total. The molecule has 0 atom stereocenters. The highest BCUT2D eigenvalue weighted by molar-refractivity contribution is 5.85. The maximum atomic E-state index is 5.26. The molecule has 0 spiro atoms. The summed E-state index contributed by atoms with van der Waals surface area (Å²) in [5.74, 6) is 0.744. The van der Waals surface area contributed by atoms with Gasteiger partial charge in [0.25, 0.3) is 0 Å². The van der Waals surface area contributed by atoms with Gasteiger partial charge in [0, 0.05) is 28.4 Å². The van der Waals surface area contributed by atoms with Crippen LogP contribution >= 0.6 is 0 Å². The molecule has 5 aromatic carbocycles. The summed E-state index contributed by atoms with van der Waals surface area (Å²) in [7, 11) is 0. The van der Waals surface area contributed by atoms with Crippen LogP contribution in [0.1, 0.15) is 49.1 Å². The molecule has 2 aliphatic rings. The first-order chi connectivity index (χ1) is 24.5. The molecule has 3 heteroatoms. The molecule has 0 aliphatic heterocycles. The largest absolute Gasteiger partial charge is 0.361 e. The Hall–Kier alpha value is -6.06. The van der Waals surface area contributed by atoms with Gasteiger partial charge in [0.1, 0.15) is 0 Å². The van der Waals surface area contributed by atoms with Crippen LogP contribution in [0, 0.1) is 0 Å². The molecule has 0 fully saturated rings. The van der Waals surface area contributed by atoms with Gasteiger partial charge in [-0.1, -0.05) is 135 Å². The Morgan fingerprint density at radius 2 is 1.16 bits per heavy atom. The number of H-pyrrole nitrogens is 1. The molecule has 0 saturated carbocycles. The number of nitrogens with zero attached hydrogens (tertiary/aromatic N) is 2. The summed E-state index contributed by atoms with van der Waals surface area (Å²) in [6, 6.07) is 50.0. The van der Waals surface area contributed by atoms with Gasteiger partial charge in [0.15, 0.2) is 5.82 Å². The summed E-state index contributed by atoms with van der Waals surface area (Å²) in [4.78, 5) is 13.8. The summed E-state index contributed by atoms with van der Waals surface area (Å²) >= 11 is 0. The van der Waals surface area contributed by atoms with E-state index in [0.29, 0.717) is 0 Å². The number of nitrogens with one attached hydrogen (secondary N) is 1. The fourth-order valence-corrected chi connectivity index (χ4v) is 7.69. The Kier molecular flexibility index (Phi) is 7.28. The smallest absolute Gasteiger partial charge is 0.160 e. The first-order valence-corrected chi connectivity index (χ1v) is 17.5. The van der Waals surface area contributed by atoms with Crippen LogP contribution in [0.15, 0.2) is 158 Å². The lowest BCUT2D eigenvalue weighted by Gasteiger charge is -2.22. The van der Waals surface area contributed by atoms with Crippen LogP contribution in [0.2, 0.25) is 0 Å². The number of aromatic amines is 1. The Balaban J connectivity index is 1.12. The molecule has 240 valence electrons. The van der Waals surface area contributed by atoms with E-state index in [2.05, 4.69) is 164 Å². The van der Waals surface area contributed by atoms with Crippen LogP contribution in [0.5, 0.6) is 0 Å². The third kappa shape index (κ3) is 5.32. The molecule has 2 heterocycles. The Morgan fingerprint density at radius 3 is 1.96 bits per heavy atom. The molecule has 0 saturated heterocycles. The molecule has 2 aromatic heterocycles. The molecular weight excluding hydrogens is 607 g/mol. The van der Waals surface area contributed by atoms with Gasteiger partial charge in [0.2, 0.25) is 0 Å². The second-order valence-electron chi connectivity index (χ2n) is 13.9. The zero-order valence-corrected chi connectivity index (χ0v) is 28.3. The van der Waals surface area contributed by atoms with Crippen LogP contribution in [-0.4, -0.2) is 15.0 Å². The summed E-state index contributed by atoms with van der Waals surface area (Å²) in [6.45, 7) is 4.66. The normalized spacial score (nSPS) is 14.4. The minimum Gasteiger partial charge on any atom is -0.361 e. The predicted molar refractivity (Wildman–Crippen MR) is 207 cm³/mol. The average molecular weight is 644 g/mol. The topological polar surface area (TPSA) is 41.6 Å². The Bertz CT molecular complexity index is 2430. The zero-order valence-electron chi connectivity index (χ0n) is 28.3. The quantitative estimate of drug-likeness (QED) is 0.196. The van der Waals surface area contributed by atoms with Crippen molar-refractivity contribution < 1.29 is 0 Å². The van der Waals surface area contributed by atoms with Crippen LogP contribution in [0.3, 0.4) is 0 Å². The van der Waals surface area contributed by atoms with Crippen molar-refractivity contribution in [3.63, 3.8) is 0 Å². The zero-order chi connectivity index (χ0) is 33.7. The Labute approximate surface area is 293 Å². The molecule has 9 rings (SSSR count). The fourth-order valence-electron chi connectivity index (χ4n) is 7.69. The van der Waals surface area contributed by atoms with Crippen molar-refractivity contribution in [2.75, 3.05) is 0 Å². The molecule has 2 aliphatic carbocycles. The monoisotopic (exact) mass is 643 g/mol. The van der Waals surface area contributed by atoms with Gasteiger partial charge < -0.3 is 4.98 Å². The Morgan fingerprint density at radius 1 is 0.480 bits per heavy atom. The summed E-state index contributed by atoms with van der Waals surface area (Å²) in [5, 5.41) is 0. The van der Waals surface area contributed by atoms with Gasteiger partial charge in [0.05, 0.1) is 11.4 Å². The molecule has 0 bridgehead atoms. The third-order valence-corrected chi connectivity index (χ3v) is 10.5. The number of rotatable bonds is 6. The second kappa shape index (κ2) is 12.1. The predicted octanol–water partition coefficient (Wildman–Crippen LogP) is 12.0. The van der Waals surface area contributed by atoms with E-state index in [0.717, 1.165) is 52.4 Å². The van der Waals surface area contributed by atoms with Gasteiger partial charge in [-0.2, -0.15) is 0 Å². The lowest BCUT2D eigenvalue weighted by atomic mass is 9.82. The van der Waals surface area contributed by atoms with E-state index in [9.17, 15) is 0 Å². The lowest BCUT2D eigenvalue weighted by Crippen LogP contribution is -2.15. The van der Waals surface area contributed by atoms with Crippen LogP contribution in [-0.2, 0) is 5.41 Å². The van der Waals surface area contributed by atoms with Gasteiger partial charge in [-0.3, -0.25) is 0 Å². The van der Waals surface area contributed by atoms with Gasteiger partial charge in [-0.25, -0.2) is 9.97 Å². The van der Waals surface area contributed by atoms with E-state index >= 15 is 0 Å². The van der Waals surface area contributed by atoms with Crippen molar-refractivity contribution in [1.82, 2.24) is 15.0 Å². The minimum atomic E-state index is -0.0859. The average Bonchev–Trinajstić information content (AvgIpc) is 3.80. The van der Waals surface area contributed by atoms with Gasteiger partial charge in [-0.15, -0.1) is 0 Å². The summed E-state index contributed by atoms with van der Waals surface area (Å²) in [6.07, 6.45) is 8.37. The second-order valence-corrected chi connectivity index (χ2v) is 13.9. The van der Waals surface area contributed by atoms with Crippen molar-refractivity contribution in [1.29, 1.82) is 0 Å². The molecule has 0 radical (unpaired) electrons. The van der Waals surface area contributed by atoms with E-state index in [-0.39, 0.29) is 5.41 Å². The van der Waals surface area contributed by atoms with Crippen LogP contribution in [0.4, 0.5) is 0 Å². The van der Waals surface area contributed by atoms with E-state index < -0.39 is 0 Å². The van der Waals surface area contributed by atoms with E-state index in [1.165, 1.54) is 50.1 Å². The first kappa shape index (κ1) is 30.0. The van der Waals surface area contributed by atoms with Crippen LogP contribution in [0.25, 0.3) is 67.3 Å². The van der Waals surface area contributed by atoms with Crippen LogP contribution < -0.4 is 0 Å². The number of hydrogen-bond donors (Lipinski definition) is 1. The standard InChI is InChI=1S/C47H37N3/c1-47(2)41-15-7-6-14-39(41)40-26-25-37(29-42(40)47)45-30-44(49-46(50-45)38-13-8-12-36(28-38)31-10-4-3-5-11-31)35-23-19-33(20-24-35)32-17-21-34(22-18-32)43-16-9-27-48-43/h3-19,21-23,25-30,48H,20,24H2,1-2H3. The van der Waals surface area contributed by atoms with Crippen molar-refractivity contribution in [2.45, 2.75) is 32.1 Å². The van der Waals surface area contributed by atoms with Crippen molar-refractivity contribution in [3.8, 4) is 56.2 Å². The van der Waals surface area contributed by atoms with E-state index in [1.54, 1.807) is 0 Å². The number of benzene rings is 5. The summed E-state index contributed by atoms with van der Waals surface area (Å²) < 4.78 is 0. The highest BCUT2D eigenvalue weighted by atomic mass is 14.9. The molecular formula is C47H37N3. The number of fused-ring (bicyclic) bond motifs is 3. The first-order valence-electron chi connectivity index (χ1n) is 17.5. The molecule has 0 amide bonds. The number of aromatic nitrogens is 3. The van der Waals surface area contributed by atoms with Crippen molar-refractivity contribution in [2.24, 2.45) is 0 Å². The van der Waals surface area contributed by atoms with Crippen molar-refractivity contribution >= 4 is 11.1 Å². The maximum absolute atomic E-state index is 5.26. The molecule has 1 N–H and O–H groups in total. The number of hydrogen-bond acceptors (Lipinski definition) is 2. The SMILES string of the molecule is CC1(C)c2ccccc2-c2ccc(-c3cc(C4=CC=C(c5ccc(-c6ccc[nH]6)cc5)CC4)nc(-c4cccc(-c5ccccc5)c4)n3)cc21. The fraction of sp³-hybridized carbons (Fsp3) is 0.106. The molecule has 0 unspecified atom stereocenters. The lowest BCUT2D eigenvalue weighted by molar-refractivity contribution is 0.660. The minimum absolute atomic E-state index is 0.0859. The van der Waals surface area contributed by atoms with Gasteiger partial charge in [-0.05, 0) is 98.8 Å². The summed E-state index contributed by atoms with van der Waals surface area (Å²) in [5.41, 5.74) is 17.8. The maximum Gasteiger partial charge on any atom is 0.160 e. The highest BCUT2D eigenvalue weighted by Gasteiger charge is 2.35.